The van der Waals surface area contributed by atoms with Crippen LogP contribution in [0.3, 0.4) is 0 Å². The number of carbonyl (C=O) groups excluding carboxylic acids is 1. The van der Waals surface area contributed by atoms with E-state index < -0.39 is 0 Å². The van der Waals surface area contributed by atoms with E-state index in [0.717, 1.165) is 38.9 Å². The zero-order valence-corrected chi connectivity index (χ0v) is 11.0. The molecule has 17 heavy (non-hydrogen) atoms. The summed E-state index contributed by atoms with van der Waals surface area (Å²) in [5, 5.41) is 0. The van der Waals surface area contributed by atoms with Crippen molar-refractivity contribution in [1.29, 1.82) is 0 Å². The monoisotopic (exact) mass is 238 g/mol. The largest absolute Gasteiger partial charge is 0.349 e. The lowest BCUT2D eigenvalue weighted by atomic mass is 9.83. The summed E-state index contributed by atoms with van der Waals surface area (Å²) in [4.78, 5) is 11.6. The van der Waals surface area contributed by atoms with E-state index in [-0.39, 0.29) is 16.6 Å². The van der Waals surface area contributed by atoms with Crippen LogP contribution >= 0.6 is 0 Å². The minimum Gasteiger partial charge on any atom is -0.349 e. The number of ether oxygens (including phenoxy) is 2. The van der Waals surface area contributed by atoms with Gasteiger partial charge in [-0.15, -0.1) is 0 Å². The van der Waals surface area contributed by atoms with Crippen LogP contribution in [0.25, 0.3) is 0 Å². The third kappa shape index (κ3) is 1.84. The van der Waals surface area contributed by atoms with Crippen molar-refractivity contribution >= 4 is 5.78 Å². The molecule has 1 spiro atoms. The van der Waals surface area contributed by atoms with Crippen molar-refractivity contribution in [2.45, 2.75) is 52.2 Å². The lowest BCUT2D eigenvalue weighted by molar-refractivity contribution is -0.298. The van der Waals surface area contributed by atoms with Gasteiger partial charge in [-0.25, -0.2) is 0 Å². The molecule has 0 aromatic rings. The van der Waals surface area contributed by atoms with Crippen LogP contribution in [0.15, 0.2) is 0 Å². The average Bonchev–Trinajstić information content (AvgIpc) is 2.59. The highest BCUT2D eigenvalue weighted by atomic mass is 16.7. The summed E-state index contributed by atoms with van der Waals surface area (Å²) in [7, 11) is 0. The summed E-state index contributed by atoms with van der Waals surface area (Å²) in [5.74, 6) is 0.509. The average molecular weight is 238 g/mol. The third-order valence-electron chi connectivity index (χ3n) is 4.74. The predicted octanol–water partition coefficient (Wildman–Crippen LogP) is 2.53. The molecule has 1 heterocycles. The molecule has 2 aliphatic carbocycles. The quantitative estimate of drug-likeness (QED) is 0.650. The minimum atomic E-state index is -0.379. The second kappa shape index (κ2) is 3.33. The standard InChI is InChI=1S/C14H22O3/c1-12(2)8-16-14(17-9-12)5-10-4-11(15)6-13(10,3)7-14/h10H,4-9H2,1-3H3/t10?,13-/m0/s1. The van der Waals surface area contributed by atoms with Crippen LogP contribution in [0.1, 0.15) is 46.5 Å². The molecule has 1 unspecified atom stereocenters. The summed E-state index contributed by atoms with van der Waals surface area (Å²) >= 11 is 0. The highest BCUT2D eigenvalue weighted by Crippen LogP contribution is 2.58. The van der Waals surface area contributed by atoms with Gasteiger partial charge in [0.15, 0.2) is 5.79 Å². The van der Waals surface area contributed by atoms with E-state index in [1.54, 1.807) is 0 Å². The van der Waals surface area contributed by atoms with Crippen LogP contribution in [-0.2, 0) is 14.3 Å². The second-order valence-corrected chi connectivity index (χ2v) is 7.30. The highest BCUT2D eigenvalue weighted by molar-refractivity contribution is 5.82. The normalized spacial score (nSPS) is 43.0. The van der Waals surface area contributed by atoms with Crippen molar-refractivity contribution in [3.05, 3.63) is 0 Å². The Morgan fingerprint density at radius 3 is 2.41 bits per heavy atom. The zero-order valence-electron chi connectivity index (χ0n) is 11.0. The number of Topliss-reactive ketones (excluding diaryl/α,β-unsaturated/α-hetero) is 1. The minimum absolute atomic E-state index is 0.124. The number of ketones is 1. The summed E-state index contributed by atoms with van der Waals surface area (Å²) in [6.07, 6.45) is 3.25. The SMILES string of the molecule is CC1(C)COC2(CC3CC(=O)C[C@@]3(C)C2)OC1. The van der Waals surface area contributed by atoms with Gasteiger partial charge in [0, 0.05) is 31.1 Å². The first kappa shape index (κ1) is 11.7. The maximum Gasteiger partial charge on any atom is 0.169 e. The first-order valence-corrected chi connectivity index (χ1v) is 6.62. The van der Waals surface area contributed by atoms with Gasteiger partial charge in [-0.3, -0.25) is 4.79 Å². The van der Waals surface area contributed by atoms with Gasteiger partial charge < -0.3 is 9.47 Å². The fraction of sp³-hybridized carbons (Fsp3) is 0.929. The Kier molecular flexibility index (Phi) is 2.28. The summed E-state index contributed by atoms with van der Waals surface area (Å²) < 4.78 is 12.1. The smallest absolute Gasteiger partial charge is 0.169 e. The first-order chi connectivity index (χ1) is 7.83. The molecule has 1 saturated heterocycles. The molecular formula is C14H22O3. The van der Waals surface area contributed by atoms with Gasteiger partial charge in [-0.05, 0) is 11.3 Å². The van der Waals surface area contributed by atoms with Crippen molar-refractivity contribution in [2.24, 2.45) is 16.7 Å². The molecule has 1 aliphatic heterocycles. The molecule has 2 saturated carbocycles. The van der Waals surface area contributed by atoms with E-state index in [0.29, 0.717) is 11.7 Å². The van der Waals surface area contributed by atoms with Crippen LogP contribution in [0.2, 0.25) is 0 Å². The van der Waals surface area contributed by atoms with Crippen molar-refractivity contribution < 1.29 is 14.3 Å². The molecule has 0 aromatic heterocycles. The maximum absolute atomic E-state index is 11.6. The van der Waals surface area contributed by atoms with E-state index in [1.807, 2.05) is 0 Å². The van der Waals surface area contributed by atoms with Crippen molar-refractivity contribution in [1.82, 2.24) is 0 Å². The Hall–Kier alpha value is -0.410. The van der Waals surface area contributed by atoms with Crippen LogP contribution < -0.4 is 0 Å². The highest BCUT2D eigenvalue weighted by Gasteiger charge is 2.59. The van der Waals surface area contributed by atoms with Crippen LogP contribution in [0.4, 0.5) is 0 Å². The Morgan fingerprint density at radius 1 is 1.18 bits per heavy atom. The van der Waals surface area contributed by atoms with Crippen LogP contribution in [0.5, 0.6) is 0 Å². The Balaban J connectivity index is 1.75. The van der Waals surface area contributed by atoms with Gasteiger partial charge >= 0.3 is 0 Å². The van der Waals surface area contributed by atoms with Gasteiger partial charge in [-0.2, -0.15) is 0 Å². The van der Waals surface area contributed by atoms with Crippen molar-refractivity contribution in [2.75, 3.05) is 13.2 Å². The molecule has 3 rings (SSSR count). The van der Waals surface area contributed by atoms with Crippen molar-refractivity contribution in [3.63, 3.8) is 0 Å². The molecule has 0 aromatic carbocycles. The number of rotatable bonds is 0. The van der Waals surface area contributed by atoms with Gasteiger partial charge in [0.2, 0.25) is 0 Å². The second-order valence-electron chi connectivity index (χ2n) is 7.30. The topological polar surface area (TPSA) is 35.5 Å². The van der Waals surface area contributed by atoms with E-state index >= 15 is 0 Å². The molecular weight excluding hydrogens is 216 g/mol. The van der Waals surface area contributed by atoms with Crippen molar-refractivity contribution in [3.8, 4) is 0 Å². The van der Waals surface area contributed by atoms with Gasteiger partial charge in [0.05, 0.1) is 13.2 Å². The molecule has 96 valence electrons. The van der Waals surface area contributed by atoms with E-state index in [4.69, 9.17) is 9.47 Å². The molecule has 0 bridgehead atoms. The van der Waals surface area contributed by atoms with Crippen LogP contribution in [-0.4, -0.2) is 24.8 Å². The lowest BCUT2D eigenvalue weighted by Gasteiger charge is -2.42. The summed E-state index contributed by atoms with van der Waals surface area (Å²) in [6, 6.07) is 0. The lowest BCUT2D eigenvalue weighted by Crippen LogP contribution is -2.46. The summed E-state index contributed by atoms with van der Waals surface area (Å²) in [5.41, 5.74) is 0.248. The molecule has 3 fully saturated rings. The molecule has 3 nitrogen and oxygen atoms in total. The number of hydrogen-bond donors (Lipinski definition) is 0. The summed E-state index contributed by atoms with van der Waals surface area (Å²) in [6.45, 7) is 8.10. The van der Waals surface area contributed by atoms with E-state index in [1.165, 1.54) is 0 Å². The molecule has 0 N–H and O–H groups in total. The number of carbonyl (C=O) groups is 1. The Labute approximate surface area is 103 Å². The number of fused-ring (bicyclic) bond motifs is 1. The molecule has 2 atom stereocenters. The van der Waals surface area contributed by atoms with Crippen LogP contribution in [0, 0.1) is 16.7 Å². The first-order valence-electron chi connectivity index (χ1n) is 6.62. The van der Waals surface area contributed by atoms with Gasteiger partial charge in [0.25, 0.3) is 0 Å². The predicted molar refractivity (Wildman–Crippen MR) is 63.5 cm³/mol. The Bertz CT molecular complexity index is 350. The van der Waals surface area contributed by atoms with E-state index in [2.05, 4.69) is 20.8 Å². The van der Waals surface area contributed by atoms with E-state index in [9.17, 15) is 4.79 Å². The number of hydrogen-bond acceptors (Lipinski definition) is 3. The third-order valence-corrected chi connectivity index (χ3v) is 4.74. The molecule has 3 aliphatic rings. The Morgan fingerprint density at radius 2 is 1.82 bits per heavy atom. The zero-order chi connectivity index (χ0) is 12.3. The fourth-order valence-electron chi connectivity index (χ4n) is 3.73. The molecule has 0 amide bonds. The maximum atomic E-state index is 11.6. The van der Waals surface area contributed by atoms with Gasteiger partial charge in [0.1, 0.15) is 5.78 Å². The van der Waals surface area contributed by atoms with Gasteiger partial charge in [-0.1, -0.05) is 20.8 Å². The molecule has 3 heteroatoms. The molecule has 0 radical (unpaired) electrons. The fourth-order valence-corrected chi connectivity index (χ4v) is 3.73.